The Bertz CT molecular complexity index is 343. The summed E-state index contributed by atoms with van der Waals surface area (Å²) in [5.74, 6) is 0.912. The summed E-state index contributed by atoms with van der Waals surface area (Å²) in [6, 6.07) is 0.534. The fourth-order valence-corrected chi connectivity index (χ4v) is 1.98. The first-order valence-electron chi connectivity index (χ1n) is 6.03. The minimum atomic E-state index is 0.534. The minimum Gasteiger partial charge on any atom is -0.366 e. The number of hydrogen-bond donors (Lipinski definition) is 2. The monoisotopic (exact) mass is 220 g/mol. The Hall–Kier alpha value is -1.16. The lowest BCUT2D eigenvalue weighted by Crippen LogP contribution is -2.22. The van der Waals surface area contributed by atoms with E-state index in [-0.39, 0.29) is 0 Å². The Morgan fingerprint density at radius 2 is 2.12 bits per heavy atom. The van der Waals surface area contributed by atoms with Crippen molar-refractivity contribution in [1.82, 2.24) is 15.3 Å². The lowest BCUT2D eigenvalue weighted by molar-refractivity contribution is 0.634. The molecular formula is C12H20N4. The number of nitrogens with one attached hydrogen (secondary N) is 2. The molecule has 2 heterocycles. The molecule has 1 aromatic rings. The number of aromatic nitrogens is 2. The highest BCUT2D eigenvalue weighted by atomic mass is 15.0. The predicted octanol–water partition coefficient (Wildman–Crippen LogP) is 1.65. The first kappa shape index (κ1) is 11.3. The number of anilines is 1. The second-order valence-electron chi connectivity index (χ2n) is 4.45. The number of hydrogen-bond acceptors (Lipinski definition) is 4. The van der Waals surface area contributed by atoms with E-state index in [1.807, 2.05) is 20.0 Å². The topological polar surface area (TPSA) is 49.8 Å². The van der Waals surface area contributed by atoms with Crippen LogP contribution in [0, 0.1) is 13.8 Å². The maximum absolute atomic E-state index is 4.50. The fourth-order valence-electron chi connectivity index (χ4n) is 1.98. The van der Waals surface area contributed by atoms with Gasteiger partial charge in [0, 0.05) is 6.04 Å². The molecule has 0 amide bonds. The molecule has 1 aliphatic rings. The maximum atomic E-state index is 4.50. The summed E-state index contributed by atoms with van der Waals surface area (Å²) < 4.78 is 0. The van der Waals surface area contributed by atoms with E-state index in [1.165, 1.54) is 12.8 Å². The Labute approximate surface area is 96.9 Å². The highest BCUT2D eigenvalue weighted by Gasteiger charge is 2.12. The van der Waals surface area contributed by atoms with Crippen molar-refractivity contribution in [1.29, 1.82) is 0 Å². The highest BCUT2D eigenvalue weighted by Crippen LogP contribution is 2.12. The van der Waals surface area contributed by atoms with Gasteiger partial charge in [0.2, 0.25) is 0 Å². The third-order valence-corrected chi connectivity index (χ3v) is 3.12. The fraction of sp³-hybridized carbons (Fsp3) is 0.667. The van der Waals surface area contributed by atoms with E-state index in [4.69, 9.17) is 0 Å². The molecule has 0 aromatic carbocycles. The van der Waals surface area contributed by atoms with Gasteiger partial charge < -0.3 is 10.6 Å². The summed E-state index contributed by atoms with van der Waals surface area (Å²) in [5.41, 5.74) is 2.02. The first-order chi connectivity index (χ1) is 7.75. The van der Waals surface area contributed by atoms with Gasteiger partial charge >= 0.3 is 0 Å². The molecule has 1 atom stereocenters. The molecule has 16 heavy (non-hydrogen) atoms. The van der Waals surface area contributed by atoms with Crippen molar-refractivity contribution < 1.29 is 0 Å². The van der Waals surface area contributed by atoms with Crippen LogP contribution in [0.3, 0.4) is 0 Å². The van der Waals surface area contributed by atoms with E-state index in [1.54, 1.807) is 0 Å². The summed E-state index contributed by atoms with van der Waals surface area (Å²) in [4.78, 5) is 8.83. The van der Waals surface area contributed by atoms with Crippen molar-refractivity contribution in [3.63, 3.8) is 0 Å². The smallest absolute Gasteiger partial charge is 0.145 e. The number of aryl methyl sites for hydroxylation is 2. The lowest BCUT2D eigenvalue weighted by Gasteiger charge is -2.16. The zero-order valence-electron chi connectivity index (χ0n) is 10.1. The summed E-state index contributed by atoms with van der Waals surface area (Å²) in [6.07, 6.45) is 5.44. The SMILES string of the molecule is Cc1ncc(NC2CCCNCC2)nc1C. The van der Waals surface area contributed by atoms with E-state index in [2.05, 4.69) is 20.6 Å². The molecule has 0 aliphatic carbocycles. The van der Waals surface area contributed by atoms with Gasteiger partial charge in [-0.25, -0.2) is 4.98 Å². The second-order valence-corrected chi connectivity index (χ2v) is 4.45. The molecular weight excluding hydrogens is 200 g/mol. The summed E-state index contributed by atoms with van der Waals surface area (Å²) >= 11 is 0. The third-order valence-electron chi connectivity index (χ3n) is 3.12. The molecule has 1 aromatic heterocycles. The normalized spacial score (nSPS) is 21.5. The van der Waals surface area contributed by atoms with Crippen molar-refractivity contribution >= 4 is 5.82 Å². The average Bonchev–Trinajstić information content (AvgIpc) is 2.52. The number of nitrogens with zero attached hydrogens (tertiary/aromatic N) is 2. The molecule has 88 valence electrons. The molecule has 2 rings (SSSR count). The van der Waals surface area contributed by atoms with Gasteiger partial charge in [-0.1, -0.05) is 0 Å². The van der Waals surface area contributed by atoms with Crippen molar-refractivity contribution in [2.24, 2.45) is 0 Å². The lowest BCUT2D eigenvalue weighted by atomic mass is 10.1. The van der Waals surface area contributed by atoms with E-state index < -0.39 is 0 Å². The summed E-state index contributed by atoms with van der Waals surface area (Å²) in [6.45, 7) is 6.22. The first-order valence-corrected chi connectivity index (χ1v) is 6.03. The van der Waals surface area contributed by atoms with Gasteiger partial charge in [-0.15, -0.1) is 0 Å². The van der Waals surface area contributed by atoms with Crippen LogP contribution in [0.1, 0.15) is 30.7 Å². The van der Waals surface area contributed by atoms with E-state index >= 15 is 0 Å². The third kappa shape index (κ3) is 2.92. The van der Waals surface area contributed by atoms with Crippen LogP contribution >= 0.6 is 0 Å². The van der Waals surface area contributed by atoms with Crippen LogP contribution in [0.15, 0.2) is 6.20 Å². The molecule has 0 bridgehead atoms. The van der Waals surface area contributed by atoms with Crippen molar-refractivity contribution in [3.05, 3.63) is 17.6 Å². The van der Waals surface area contributed by atoms with Crippen LogP contribution in [0.5, 0.6) is 0 Å². The molecule has 1 unspecified atom stereocenters. The van der Waals surface area contributed by atoms with Gasteiger partial charge in [0.25, 0.3) is 0 Å². The van der Waals surface area contributed by atoms with Crippen LogP contribution in [0.25, 0.3) is 0 Å². The average molecular weight is 220 g/mol. The van der Waals surface area contributed by atoms with Crippen LogP contribution in [0.2, 0.25) is 0 Å². The molecule has 0 spiro atoms. The van der Waals surface area contributed by atoms with E-state index in [0.717, 1.165) is 36.7 Å². The summed E-state index contributed by atoms with van der Waals surface area (Å²) in [7, 11) is 0. The van der Waals surface area contributed by atoms with Gasteiger partial charge in [-0.2, -0.15) is 0 Å². The molecule has 4 heteroatoms. The molecule has 1 fully saturated rings. The van der Waals surface area contributed by atoms with Crippen molar-refractivity contribution in [2.45, 2.75) is 39.2 Å². The zero-order chi connectivity index (χ0) is 11.4. The Balaban J connectivity index is 1.99. The zero-order valence-corrected chi connectivity index (χ0v) is 10.1. The van der Waals surface area contributed by atoms with Crippen LogP contribution in [0.4, 0.5) is 5.82 Å². The maximum Gasteiger partial charge on any atom is 0.145 e. The predicted molar refractivity (Wildman–Crippen MR) is 65.6 cm³/mol. The molecule has 2 N–H and O–H groups in total. The molecule has 1 saturated heterocycles. The highest BCUT2D eigenvalue weighted by molar-refractivity contribution is 5.34. The molecule has 4 nitrogen and oxygen atoms in total. The second kappa shape index (κ2) is 5.25. The van der Waals surface area contributed by atoms with Gasteiger partial charge in [0.1, 0.15) is 5.82 Å². The van der Waals surface area contributed by atoms with Crippen molar-refractivity contribution in [2.75, 3.05) is 18.4 Å². The minimum absolute atomic E-state index is 0.534. The van der Waals surface area contributed by atoms with Crippen LogP contribution in [-0.2, 0) is 0 Å². The Morgan fingerprint density at radius 3 is 2.94 bits per heavy atom. The van der Waals surface area contributed by atoms with Gasteiger partial charge in [0.05, 0.1) is 17.6 Å². The summed E-state index contributed by atoms with van der Waals surface area (Å²) in [5, 5.41) is 6.88. The van der Waals surface area contributed by atoms with Gasteiger partial charge in [0.15, 0.2) is 0 Å². The van der Waals surface area contributed by atoms with E-state index in [0.29, 0.717) is 6.04 Å². The molecule has 0 radical (unpaired) electrons. The Morgan fingerprint density at radius 1 is 1.25 bits per heavy atom. The van der Waals surface area contributed by atoms with Crippen LogP contribution in [-0.4, -0.2) is 29.1 Å². The van der Waals surface area contributed by atoms with E-state index in [9.17, 15) is 0 Å². The standard InChI is InChI=1S/C12H20N4/c1-9-10(2)15-12(8-14-9)16-11-4-3-6-13-7-5-11/h8,11,13H,3-7H2,1-2H3,(H,15,16). The van der Waals surface area contributed by atoms with Crippen molar-refractivity contribution in [3.8, 4) is 0 Å². The number of rotatable bonds is 2. The van der Waals surface area contributed by atoms with Crippen LogP contribution < -0.4 is 10.6 Å². The molecule has 0 saturated carbocycles. The van der Waals surface area contributed by atoms with Gasteiger partial charge in [-0.05, 0) is 46.2 Å². The van der Waals surface area contributed by atoms with Gasteiger partial charge in [-0.3, -0.25) is 4.98 Å². The Kier molecular flexibility index (Phi) is 3.72. The molecule has 1 aliphatic heterocycles. The largest absolute Gasteiger partial charge is 0.366 e. The quantitative estimate of drug-likeness (QED) is 0.795.